The largest absolute Gasteiger partial charge is 0.383 e. The molecule has 6 heteroatoms. The lowest BCUT2D eigenvalue weighted by Crippen LogP contribution is -2.23. The Labute approximate surface area is 93.4 Å². The number of hydrogen-bond donors (Lipinski definition) is 1. The van der Waals surface area contributed by atoms with Crippen molar-refractivity contribution in [1.29, 1.82) is 0 Å². The lowest BCUT2D eigenvalue weighted by atomic mass is 10.3. The van der Waals surface area contributed by atoms with Crippen LogP contribution >= 0.6 is 11.6 Å². The molecule has 0 atom stereocenters. The number of carbonyl (C=O) groups is 1. The highest BCUT2D eigenvalue weighted by molar-refractivity contribution is 6.33. The van der Waals surface area contributed by atoms with Crippen LogP contribution in [0.3, 0.4) is 0 Å². The van der Waals surface area contributed by atoms with Crippen molar-refractivity contribution in [2.45, 2.75) is 6.54 Å². The summed E-state index contributed by atoms with van der Waals surface area (Å²) >= 11 is 5.88. The Bertz CT molecular complexity index is 338. The van der Waals surface area contributed by atoms with Crippen LogP contribution in [0, 0.1) is 0 Å². The molecule has 0 amide bonds. The van der Waals surface area contributed by atoms with Crippen LogP contribution in [0.25, 0.3) is 0 Å². The van der Waals surface area contributed by atoms with E-state index in [1.165, 1.54) is 6.20 Å². The molecule has 0 spiro atoms. The molecule has 1 N–H and O–H groups in total. The van der Waals surface area contributed by atoms with Crippen LogP contribution in [0.2, 0.25) is 5.02 Å². The van der Waals surface area contributed by atoms with E-state index in [1.54, 1.807) is 18.8 Å². The number of rotatable bonds is 6. The van der Waals surface area contributed by atoms with Crippen molar-refractivity contribution in [2.75, 3.05) is 27.3 Å². The average Bonchev–Trinajstić information content (AvgIpc) is 2.57. The van der Waals surface area contributed by atoms with E-state index < -0.39 is 0 Å². The lowest BCUT2D eigenvalue weighted by molar-refractivity contribution is 0.0980. The van der Waals surface area contributed by atoms with Crippen molar-refractivity contribution in [3.05, 3.63) is 16.9 Å². The number of methoxy groups -OCH3 is 1. The van der Waals surface area contributed by atoms with Crippen LogP contribution < -0.4 is 5.32 Å². The number of nitrogens with zero attached hydrogens (tertiary/aromatic N) is 2. The maximum absolute atomic E-state index is 11.7. The molecule has 1 rings (SSSR count). The van der Waals surface area contributed by atoms with Gasteiger partial charge < -0.3 is 10.1 Å². The van der Waals surface area contributed by atoms with Gasteiger partial charge >= 0.3 is 0 Å². The molecule has 0 bridgehead atoms. The van der Waals surface area contributed by atoms with E-state index in [1.807, 2.05) is 0 Å². The molecule has 0 fully saturated rings. The van der Waals surface area contributed by atoms with Gasteiger partial charge in [-0.3, -0.25) is 9.48 Å². The molecule has 0 aliphatic carbocycles. The third-order valence-electron chi connectivity index (χ3n) is 1.90. The number of ether oxygens (including phenoxy) is 1. The first-order valence-electron chi connectivity index (χ1n) is 4.58. The molecule has 0 aliphatic heterocycles. The van der Waals surface area contributed by atoms with Crippen LogP contribution in [0.15, 0.2) is 6.20 Å². The zero-order valence-electron chi connectivity index (χ0n) is 8.79. The van der Waals surface area contributed by atoms with Gasteiger partial charge in [0.1, 0.15) is 5.69 Å². The van der Waals surface area contributed by atoms with Gasteiger partial charge in [-0.2, -0.15) is 5.10 Å². The summed E-state index contributed by atoms with van der Waals surface area (Å²) in [5, 5.41) is 7.18. The summed E-state index contributed by atoms with van der Waals surface area (Å²) in [5.41, 5.74) is 0.433. The second-order valence-corrected chi connectivity index (χ2v) is 3.42. The average molecular weight is 232 g/mol. The number of aromatic nitrogens is 2. The Morgan fingerprint density at radius 1 is 1.73 bits per heavy atom. The van der Waals surface area contributed by atoms with Crippen LogP contribution in [-0.2, 0) is 11.3 Å². The second-order valence-electron chi connectivity index (χ2n) is 3.01. The number of hydrogen-bond acceptors (Lipinski definition) is 4. The number of ketones is 1. The van der Waals surface area contributed by atoms with E-state index >= 15 is 0 Å². The van der Waals surface area contributed by atoms with Crippen LogP contribution in [0.4, 0.5) is 0 Å². The van der Waals surface area contributed by atoms with Crippen molar-refractivity contribution < 1.29 is 9.53 Å². The normalized spacial score (nSPS) is 10.6. The van der Waals surface area contributed by atoms with Crippen LogP contribution in [-0.4, -0.2) is 42.9 Å². The van der Waals surface area contributed by atoms with E-state index in [0.29, 0.717) is 23.9 Å². The van der Waals surface area contributed by atoms with Gasteiger partial charge in [0, 0.05) is 7.11 Å². The highest BCUT2D eigenvalue weighted by Gasteiger charge is 2.16. The quantitative estimate of drug-likeness (QED) is 0.728. The molecule has 0 unspecified atom stereocenters. The Morgan fingerprint density at radius 3 is 3.07 bits per heavy atom. The Morgan fingerprint density at radius 2 is 2.47 bits per heavy atom. The summed E-state index contributed by atoms with van der Waals surface area (Å²) in [6.45, 7) is 1.27. The van der Waals surface area contributed by atoms with Crippen LogP contribution in [0.5, 0.6) is 0 Å². The maximum Gasteiger partial charge on any atom is 0.196 e. The first kappa shape index (κ1) is 12.2. The second kappa shape index (κ2) is 5.85. The summed E-state index contributed by atoms with van der Waals surface area (Å²) in [6, 6.07) is 0. The fourth-order valence-corrected chi connectivity index (χ4v) is 1.48. The number of halogens is 1. The fourth-order valence-electron chi connectivity index (χ4n) is 1.23. The zero-order chi connectivity index (χ0) is 11.3. The van der Waals surface area contributed by atoms with Gasteiger partial charge in [-0.05, 0) is 7.05 Å². The number of nitrogens with one attached hydrogen (secondary N) is 1. The van der Waals surface area contributed by atoms with Gasteiger partial charge in [-0.15, -0.1) is 0 Å². The van der Waals surface area contributed by atoms with Gasteiger partial charge in [-0.1, -0.05) is 11.6 Å². The Kier molecular flexibility index (Phi) is 4.74. The van der Waals surface area contributed by atoms with Gasteiger partial charge in [0.25, 0.3) is 0 Å². The summed E-state index contributed by atoms with van der Waals surface area (Å²) < 4.78 is 6.48. The zero-order valence-corrected chi connectivity index (χ0v) is 9.54. The number of likely N-dealkylation sites (N-methyl/N-ethyl adjacent to an activating group) is 1. The third-order valence-corrected chi connectivity index (χ3v) is 2.18. The van der Waals surface area contributed by atoms with E-state index in [0.717, 1.165) is 0 Å². The minimum Gasteiger partial charge on any atom is -0.383 e. The summed E-state index contributed by atoms with van der Waals surface area (Å²) in [4.78, 5) is 11.7. The molecular weight excluding hydrogens is 218 g/mol. The highest BCUT2D eigenvalue weighted by atomic mass is 35.5. The van der Waals surface area contributed by atoms with Crippen LogP contribution in [0.1, 0.15) is 10.5 Å². The molecule has 0 radical (unpaired) electrons. The van der Waals surface area contributed by atoms with Gasteiger partial charge in [0.05, 0.1) is 30.9 Å². The molecule has 0 saturated carbocycles. The first-order valence-corrected chi connectivity index (χ1v) is 4.96. The van der Waals surface area contributed by atoms with E-state index in [9.17, 15) is 4.79 Å². The predicted molar refractivity (Wildman–Crippen MR) is 57.4 cm³/mol. The molecule has 1 aromatic heterocycles. The van der Waals surface area contributed by atoms with E-state index in [-0.39, 0.29) is 12.3 Å². The first-order chi connectivity index (χ1) is 7.20. The summed E-state index contributed by atoms with van der Waals surface area (Å²) in [5.74, 6) is -0.0731. The lowest BCUT2D eigenvalue weighted by Gasteiger charge is -2.06. The standard InChI is InChI=1S/C9H14ClN3O2/c1-11-6-8(14)9-7(10)5-12-13(9)3-4-15-2/h5,11H,3-4,6H2,1-2H3. The van der Waals surface area contributed by atoms with Crippen molar-refractivity contribution in [1.82, 2.24) is 15.1 Å². The van der Waals surface area contributed by atoms with Crippen molar-refractivity contribution in [2.24, 2.45) is 0 Å². The predicted octanol–water partition coefficient (Wildman–Crippen LogP) is 0.585. The van der Waals surface area contributed by atoms with Crippen molar-refractivity contribution in [3.63, 3.8) is 0 Å². The molecule has 0 aliphatic rings. The third kappa shape index (κ3) is 3.02. The van der Waals surface area contributed by atoms with Crippen molar-refractivity contribution in [3.8, 4) is 0 Å². The Balaban J connectivity index is 2.83. The number of Topliss-reactive ketones (excluding diaryl/α,β-unsaturated/α-hetero) is 1. The van der Waals surface area contributed by atoms with Gasteiger partial charge in [-0.25, -0.2) is 0 Å². The van der Waals surface area contributed by atoms with Crippen molar-refractivity contribution >= 4 is 17.4 Å². The topological polar surface area (TPSA) is 56.2 Å². The summed E-state index contributed by atoms with van der Waals surface area (Å²) in [7, 11) is 3.31. The molecule has 1 heterocycles. The van der Waals surface area contributed by atoms with E-state index in [2.05, 4.69) is 10.4 Å². The van der Waals surface area contributed by atoms with Gasteiger partial charge in [0.2, 0.25) is 0 Å². The van der Waals surface area contributed by atoms with E-state index in [4.69, 9.17) is 16.3 Å². The highest BCUT2D eigenvalue weighted by Crippen LogP contribution is 2.15. The minimum absolute atomic E-state index is 0.0731. The molecule has 5 nitrogen and oxygen atoms in total. The molecule has 0 saturated heterocycles. The number of carbonyl (C=O) groups excluding carboxylic acids is 1. The molecule has 1 aromatic rings. The smallest absolute Gasteiger partial charge is 0.196 e. The van der Waals surface area contributed by atoms with Gasteiger partial charge in [0.15, 0.2) is 5.78 Å². The molecule has 15 heavy (non-hydrogen) atoms. The molecule has 0 aromatic carbocycles. The molecule has 84 valence electrons. The monoisotopic (exact) mass is 231 g/mol. The SMILES string of the molecule is CNCC(=O)c1c(Cl)cnn1CCOC. The minimum atomic E-state index is -0.0731. The molecular formula is C9H14ClN3O2. The summed E-state index contributed by atoms with van der Waals surface area (Å²) in [6.07, 6.45) is 1.47. The fraction of sp³-hybridized carbons (Fsp3) is 0.556. The Hall–Kier alpha value is -0.910. The maximum atomic E-state index is 11.7.